The molecule has 0 aromatic heterocycles. The Hall–Kier alpha value is -2.25. The molecular formula is C37H52S. The van der Waals surface area contributed by atoms with Gasteiger partial charge in [0.15, 0.2) is 0 Å². The molecule has 0 amide bonds. The summed E-state index contributed by atoms with van der Waals surface area (Å²) in [6.45, 7) is 28.8. The van der Waals surface area contributed by atoms with E-state index in [-0.39, 0.29) is 0 Å². The number of allylic oxidation sites excluding steroid dienone is 2. The number of hydrogen-bond donors (Lipinski definition) is 0. The summed E-state index contributed by atoms with van der Waals surface area (Å²) in [4.78, 5) is 0. The van der Waals surface area contributed by atoms with Crippen molar-refractivity contribution < 1.29 is 0 Å². The summed E-state index contributed by atoms with van der Waals surface area (Å²) in [5.41, 5.74) is 7.59. The van der Waals surface area contributed by atoms with Crippen LogP contribution in [-0.4, -0.2) is 5.25 Å². The molecule has 206 valence electrons. The maximum Gasteiger partial charge on any atom is 0.0323 e. The van der Waals surface area contributed by atoms with E-state index in [1.165, 1.54) is 52.7 Å². The van der Waals surface area contributed by atoms with Crippen molar-refractivity contribution in [2.75, 3.05) is 0 Å². The Morgan fingerprint density at radius 2 is 1.45 bits per heavy atom. The van der Waals surface area contributed by atoms with E-state index in [1.807, 2.05) is 17.2 Å². The molecule has 38 heavy (non-hydrogen) atoms. The maximum atomic E-state index is 4.58. The Kier molecular flexibility index (Phi) is 14.0. The first-order valence-corrected chi connectivity index (χ1v) is 15.6. The van der Waals surface area contributed by atoms with Crippen molar-refractivity contribution in [1.29, 1.82) is 0 Å². The highest BCUT2D eigenvalue weighted by atomic mass is 32.2. The summed E-state index contributed by atoms with van der Waals surface area (Å²) in [5, 5.41) is 2.37. The highest BCUT2D eigenvalue weighted by molar-refractivity contribution is 8.02. The van der Waals surface area contributed by atoms with Gasteiger partial charge in [0.1, 0.15) is 0 Å². The van der Waals surface area contributed by atoms with Crippen LogP contribution in [0, 0.1) is 23.7 Å². The van der Waals surface area contributed by atoms with Gasteiger partial charge < -0.3 is 0 Å². The van der Waals surface area contributed by atoms with Crippen molar-refractivity contribution >= 4 is 17.3 Å². The summed E-state index contributed by atoms with van der Waals surface area (Å²) >= 11 is 1.84. The molecular weight excluding hydrogens is 476 g/mol. The highest BCUT2D eigenvalue weighted by Gasteiger charge is 2.30. The summed E-state index contributed by atoms with van der Waals surface area (Å²) in [5.74, 6) is 2.58. The zero-order valence-corrected chi connectivity index (χ0v) is 25.7. The maximum absolute atomic E-state index is 4.58. The molecule has 2 rings (SSSR count). The molecule has 0 aliphatic heterocycles. The lowest BCUT2D eigenvalue weighted by Crippen LogP contribution is -2.29. The first-order valence-electron chi connectivity index (χ1n) is 14.6. The van der Waals surface area contributed by atoms with Crippen LogP contribution in [0.15, 0.2) is 91.9 Å². The Labute approximate surface area is 239 Å². The van der Waals surface area contributed by atoms with E-state index in [9.17, 15) is 0 Å². The zero-order chi connectivity index (χ0) is 28.1. The van der Waals surface area contributed by atoms with E-state index in [1.54, 1.807) is 0 Å². The van der Waals surface area contributed by atoms with Gasteiger partial charge in [-0.1, -0.05) is 134 Å². The molecule has 0 saturated heterocycles. The van der Waals surface area contributed by atoms with Gasteiger partial charge in [-0.2, -0.15) is 0 Å². The first-order chi connectivity index (χ1) is 18.2. The van der Waals surface area contributed by atoms with Gasteiger partial charge in [-0.3, -0.25) is 0 Å². The minimum Gasteiger partial charge on any atom is -0.127 e. The van der Waals surface area contributed by atoms with Gasteiger partial charge in [0.25, 0.3) is 0 Å². The van der Waals surface area contributed by atoms with Crippen LogP contribution < -0.4 is 0 Å². The lowest BCUT2D eigenvalue weighted by atomic mass is 9.75. The van der Waals surface area contributed by atoms with Gasteiger partial charge in [0.05, 0.1) is 0 Å². The molecule has 0 aliphatic carbocycles. The summed E-state index contributed by atoms with van der Waals surface area (Å²) in [6.07, 6.45) is 10.0. The molecule has 2 aromatic carbocycles. The van der Waals surface area contributed by atoms with Crippen molar-refractivity contribution in [3.05, 3.63) is 103 Å². The van der Waals surface area contributed by atoms with E-state index < -0.39 is 0 Å². The number of thioether (sulfide) groups is 1. The molecule has 4 unspecified atom stereocenters. The zero-order valence-electron chi connectivity index (χ0n) is 24.8. The van der Waals surface area contributed by atoms with Crippen LogP contribution in [0.25, 0.3) is 16.7 Å². The molecule has 0 radical (unpaired) electrons. The molecule has 4 atom stereocenters. The van der Waals surface area contributed by atoms with Crippen LogP contribution in [0.2, 0.25) is 0 Å². The smallest absolute Gasteiger partial charge is 0.0323 e. The van der Waals surface area contributed by atoms with Gasteiger partial charge >= 0.3 is 0 Å². The van der Waals surface area contributed by atoms with Gasteiger partial charge in [0, 0.05) is 5.25 Å². The Morgan fingerprint density at radius 1 is 0.842 bits per heavy atom. The average molecular weight is 529 g/mol. The normalized spacial score (nSPS) is 14.5. The number of benzene rings is 2. The molecule has 0 aliphatic rings. The van der Waals surface area contributed by atoms with Gasteiger partial charge in [-0.25, -0.2) is 0 Å². The molecule has 0 saturated carbocycles. The van der Waals surface area contributed by atoms with Gasteiger partial charge in [-0.05, 0) is 82.6 Å². The SMILES string of the molecule is C=CCC(C(C)CCCC(C)C)C(C)C(SC=C)C(=C)CCC(=C)c1ccc(-c2ccc(CC)cc2)cc1. The third-order valence-electron chi connectivity index (χ3n) is 8.15. The van der Waals surface area contributed by atoms with Crippen molar-refractivity contribution in [1.82, 2.24) is 0 Å². The fourth-order valence-electron chi connectivity index (χ4n) is 5.57. The van der Waals surface area contributed by atoms with Crippen LogP contribution in [0.4, 0.5) is 0 Å². The average Bonchev–Trinajstić information content (AvgIpc) is 2.92. The summed E-state index contributed by atoms with van der Waals surface area (Å²) < 4.78 is 0. The molecule has 0 nitrogen and oxygen atoms in total. The van der Waals surface area contributed by atoms with Crippen molar-refractivity contribution in [2.24, 2.45) is 23.7 Å². The monoisotopic (exact) mass is 528 g/mol. The third kappa shape index (κ3) is 9.81. The van der Waals surface area contributed by atoms with E-state index in [0.29, 0.717) is 23.0 Å². The Morgan fingerprint density at radius 3 is 1.97 bits per heavy atom. The fourth-order valence-corrected chi connectivity index (χ4v) is 6.54. The lowest BCUT2D eigenvalue weighted by molar-refractivity contribution is 0.240. The number of rotatable bonds is 18. The van der Waals surface area contributed by atoms with Crippen molar-refractivity contribution in [3.8, 4) is 11.1 Å². The molecule has 0 N–H and O–H groups in total. The second-order valence-corrected chi connectivity index (χ2v) is 12.6. The molecule has 0 heterocycles. The minimum atomic E-state index is 0.367. The van der Waals surface area contributed by atoms with Crippen molar-refractivity contribution in [2.45, 2.75) is 84.8 Å². The number of hydrogen-bond acceptors (Lipinski definition) is 1. The van der Waals surface area contributed by atoms with Crippen LogP contribution in [0.3, 0.4) is 0 Å². The molecule has 2 aromatic rings. The summed E-state index contributed by atoms with van der Waals surface area (Å²) in [7, 11) is 0. The highest BCUT2D eigenvalue weighted by Crippen LogP contribution is 2.40. The summed E-state index contributed by atoms with van der Waals surface area (Å²) in [6, 6.07) is 17.7. The predicted molar refractivity (Wildman–Crippen MR) is 176 cm³/mol. The second kappa shape index (κ2) is 16.7. The van der Waals surface area contributed by atoms with E-state index in [0.717, 1.165) is 31.6 Å². The van der Waals surface area contributed by atoms with E-state index in [4.69, 9.17) is 0 Å². The molecule has 1 heteroatoms. The molecule has 0 spiro atoms. The standard InChI is InChI=1S/C37H52S/c1-10-14-36(29(7)16-13-15-27(4)5)31(9)37(38-12-3)30(8)18-17-28(6)33-23-25-35(26-24-33)34-21-19-32(11-2)20-22-34/h10,12,19-27,29,31,36-37H,1,3,6,8,11,13-18H2,2,4-5,7,9H3. The third-order valence-corrected chi connectivity index (χ3v) is 9.39. The first kappa shape index (κ1) is 32.0. The lowest BCUT2D eigenvalue weighted by Gasteiger charge is -2.35. The van der Waals surface area contributed by atoms with Gasteiger partial charge in [0.2, 0.25) is 0 Å². The van der Waals surface area contributed by atoms with Crippen molar-refractivity contribution in [3.63, 3.8) is 0 Å². The van der Waals surface area contributed by atoms with Crippen LogP contribution in [-0.2, 0) is 6.42 Å². The minimum absolute atomic E-state index is 0.367. The fraction of sp³-hybridized carbons (Fsp3) is 0.459. The topological polar surface area (TPSA) is 0 Å². The quantitative estimate of drug-likeness (QED) is 0.173. The molecule has 0 fully saturated rings. The Bertz CT molecular complexity index is 1010. The Balaban J connectivity index is 2.02. The van der Waals surface area contributed by atoms with Crippen LogP contribution in [0.5, 0.6) is 0 Å². The second-order valence-electron chi connectivity index (χ2n) is 11.5. The van der Waals surface area contributed by atoms with Crippen LogP contribution >= 0.6 is 11.8 Å². The largest absolute Gasteiger partial charge is 0.127 e. The van der Waals surface area contributed by atoms with E-state index in [2.05, 4.69) is 116 Å². The number of aryl methyl sites for hydroxylation is 1. The van der Waals surface area contributed by atoms with Gasteiger partial charge in [-0.15, -0.1) is 18.3 Å². The predicted octanol–water partition coefficient (Wildman–Crippen LogP) is 11.8. The van der Waals surface area contributed by atoms with Crippen LogP contribution in [0.1, 0.15) is 84.3 Å². The molecule has 0 bridgehead atoms. The van der Waals surface area contributed by atoms with E-state index >= 15 is 0 Å².